The standard InChI is InChI=1S/C23H29N3O4S/c1-2-30-19-7-5-18(6-8-19)17-26-22-16-20(31(27,28)24-12-14-29-15-13-24)9-10-21(22)25-11-3-4-23(25)26/h5-10,16,23H,2-4,11-15,17H2,1H3/t23-/m0/s1. The van der Waals surface area contributed by atoms with E-state index in [9.17, 15) is 8.42 Å². The molecule has 8 heteroatoms. The van der Waals surface area contributed by atoms with Crippen LogP contribution in [0.15, 0.2) is 47.4 Å². The Labute approximate surface area is 184 Å². The van der Waals surface area contributed by atoms with E-state index in [0.29, 0.717) is 37.8 Å². The molecule has 166 valence electrons. The number of sulfonamides is 1. The summed E-state index contributed by atoms with van der Waals surface area (Å²) in [5.74, 6) is 0.870. The molecule has 0 saturated carbocycles. The van der Waals surface area contributed by atoms with Crippen LogP contribution in [-0.2, 0) is 21.3 Å². The molecule has 0 spiro atoms. The van der Waals surface area contributed by atoms with E-state index < -0.39 is 10.0 Å². The van der Waals surface area contributed by atoms with E-state index in [1.54, 1.807) is 6.07 Å². The molecule has 0 bridgehead atoms. The van der Waals surface area contributed by atoms with Gasteiger partial charge in [0.25, 0.3) is 0 Å². The lowest BCUT2D eigenvalue weighted by atomic mass is 10.1. The highest BCUT2D eigenvalue weighted by Gasteiger charge is 2.40. The number of ether oxygens (including phenoxy) is 2. The van der Waals surface area contributed by atoms with E-state index >= 15 is 0 Å². The summed E-state index contributed by atoms with van der Waals surface area (Å²) in [7, 11) is -3.52. The second-order valence-corrected chi connectivity index (χ2v) is 10.1. The maximum absolute atomic E-state index is 13.2. The number of fused-ring (bicyclic) bond motifs is 3. The van der Waals surface area contributed by atoms with E-state index in [0.717, 1.165) is 43.1 Å². The van der Waals surface area contributed by atoms with Crippen molar-refractivity contribution in [3.63, 3.8) is 0 Å². The van der Waals surface area contributed by atoms with Gasteiger partial charge in [0.05, 0.1) is 36.1 Å². The molecule has 2 saturated heterocycles. The zero-order chi connectivity index (χ0) is 21.4. The second kappa shape index (κ2) is 8.33. The molecule has 2 aromatic carbocycles. The molecule has 0 amide bonds. The third-order valence-corrected chi connectivity index (χ3v) is 8.24. The Morgan fingerprint density at radius 2 is 1.81 bits per heavy atom. The van der Waals surface area contributed by atoms with Crippen LogP contribution in [-0.4, -0.2) is 58.3 Å². The fourth-order valence-corrected chi connectivity index (χ4v) is 6.26. The van der Waals surface area contributed by atoms with Crippen LogP contribution in [0.5, 0.6) is 5.75 Å². The van der Waals surface area contributed by atoms with Gasteiger partial charge in [0, 0.05) is 26.2 Å². The average molecular weight is 444 g/mol. The Balaban J connectivity index is 1.46. The Morgan fingerprint density at radius 3 is 2.55 bits per heavy atom. The molecular weight excluding hydrogens is 414 g/mol. The normalized spacial score (nSPS) is 21.3. The van der Waals surface area contributed by atoms with Gasteiger partial charge in [0.2, 0.25) is 10.0 Å². The highest BCUT2D eigenvalue weighted by atomic mass is 32.2. The molecule has 1 atom stereocenters. The van der Waals surface area contributed by atoms with Gasteiger partial charge >= 0.3 is 0 Å². The minimum atomic E-state index is -3.52. The van der Waals surface area contributed by atoms with Crippen LogP contribution in [0.3, 0.4) is 0 Å². The van der Waals surface area contributed by atoms with E-state index in [1.165, 1.54) is 9.87 Å². The van der Waals surface area contributed by atoms with Gasteiger partial charge in [-0.15, -0.1) is 0 Å². The van der Waals surface area contributed by atoms with Gasteiger partial charge in [0.1, 0.15) is 11.9 Å². The van der Waals surface area contributed by atoms with Gasteiger partial charge in [-0.25, -0.2) is 8.42 Å². The molecule has 31 heavy (non-hydrogen) atoms. The lowest BCUT2D eigenvalue weighted by molar-refractivity contribution is 0.0730. The van der Waals surface area contributed by atoms with Crippen molar-refractivity contribution in [3.05, 3.63) is 48.0 Å². The lowest BCUT2D eigenvalue weighted by Gasteiger charge is -2.28. The van der Waals surface area contributed by atoms with Crippen LogP contribution < -0.4 is 14.5 Å². The summed E-state index contributed by atoms with van der Waals surface area (Å²) in [6.45, 7) is 6.08. The van der Waals surface area contributed by atoms with Crippen molar-refractivity contribution in [2.75, 3.05) is 49.3 Å². The maximum atomic E-state index is 13.2. The van der Waals surface area contributed by atoms with Crippen LogP contribution in [0.25, 0.3) is 0 Å². The van der Waals surface area contributed by atoms with Crippen LogP contribution in [0.2, 0.25) is 0 Å². The summed E-state index contributed by atoms with van der Waals surface area (Å²) >= 11 is 0. The summed E-state index contributed by atoms with van der Waals surface area (Å²) in [6.07, 6.45) is 2.51. The minimum absolute atomic E-state index is 0.280. The van der Waals surface area contributed by atoms with Crippen molar-refractivity contribution in [1.82, 2.24) is 4.31 Å². The van der Waals surface area contributed by atoms with Crippen molar-refractivity contribution in [3.8, 4) is 5.75 Å². The van der Waals surface area contributed by atoms with Crippen LogP contribution in [0, 0.1) is 0 Å². The molecule has 0 aliphatic carbocycles. The largest absolute Gasteiger partial charge is 0.494 e. The van der Waals surface area contributed by atoms with Crippen molar-refractivity contribution < 1.29 is 17.9 Å². The van der Waals surface area contributed by atoms with Gasteiger partial charge < -0.3 is 19.3 Å². The first-order chi connectivity index (χ1) is 15.1. The first-order valence-corrected chi connectivity index (χ1v) is 12.5. The minimum Gasteiger partial charge on any atom is -0.494 e. The number of nitrogens with zero attached hydrogens (tertiary/aromatic N) is 3. The Kier molecular flexibility index (Phi) is 5.54. The molecule has 5 rings (SSSR count). The fraction of sp³-hybridized carbons (Fsp3) is 0.478. The van der Waals surface area contributed by atoms with Gasteiger partial charge in [-0.3, -0.25) is 0 Å². The van der Waals surface area contributed by atoms with E-state index in [1.807, 2.05) is 31.2 Å². The highest BCUT2D eigenvalue weighted by molar-refractivity contribution is 7.89. The summed E-state index contributed by atoms with van der Waals surface area (Å²) in [4.78, 5) is 5.14. The summed E-state index contributed by atoms with van der Waals surface area (Å²) in [5, 5.41) is 0. The number of morpholine rings is 1. The second-order valence-electron chi connectivity index (χ2n) is 8.19. The molecule has 2 aromatic rings. The molecule has 3 aliphatic heterocycles. The summed E-state index contributed by atoms with van der Waals surface area (Å²) < 4.78 is 38.9. The molecule has 7 nitrogen and oxygen atoms in total. The van der Waals surface area contributed by atoms with Crippen molar-refractivity contribution in [2.45, 2.75) is 37.4 Å². The third kappa shape index (κ3) is 3.77. The van der Waals surface area contributed by atoms with Gasteiger partial charge in [-0.05, 0) is 55.7 Å². The lowest BCUT2D eigenvalue weighted by Crippen LogP contribution is -2.40. The van der Waals surface area contributed by atoms with E-state index in [2.05, 4.69) is 21.9 Å². The van der Waals surface area contributed by atoms with Gasteiger partial charge in [0.15, 0.2) is 0 Å². The van der Waals surface area contributed by atoms with Crippen LogP contribution in [0.4, 0.5) is 11.4 Å². The monoisotopic (exact) mass is 443 g/mol. The average Bonchev–Trinajstić information content (AvgIpc) is 3.38. The molecule has 2 fully saturated rings. The fourth-order valence-electron chi connectivity index (χ4n) is 4.83. The molecule has 0 unspecified atom stereocenters. The first-order valence-electron chi connectivity index (χ1n) is 11.0. The van der Waals surface area contributed by atoms with Crippen molar-refractivity contribution in [1.29, 1.82) is 0 Å². The Bertz CT molecular complexity index is 1040. The maximum Gasteiger partial charge on any atom is 0.243 e. The summed E-state index contributed by atoms with van der Waals surface area (Å²) in [6, 6.07) is 13.8. The molecule has 3 heterocycles. The van der Waals surface area contributed by atoms with Crippen molar-refractivity contribution in [2.24, 2.45) is 0 Å². The molecule has 3 aliphatic rings. The quantitative estimate of drug-likeness (QED) is 0.684. The molecule has 0 N–H and O–H groups in total. The van der Waals surface area contributed by atoms with Gasteiger partial charge in [-0.2, -0.15) is 4.31 Å². The predicted octanol–water partition coefficient (Wildman–Crippen LogP) is 3.05. The first kappa shape index (κ1) is 20.6. The van der Waals surface area contributed by atoms with E-state index in [4.69, 9.17) is 9.47 Å². The smallest absolute Gasteiger partial charge is 0.243 e. The Hall–Kier alpha value is -2.29. The number of hydrogen-bond donors (Lipinski definition) is 0. The third-order valence-electron chi connectivity index (χ3n) is 6.34. The van der Waals surface area contributed by atoms with Crippen LogP contribution in [0.1, 0.15) is 25.3 Å². The number of anilines is 2. The summed E-state index contributed by atoms with van der Waals surface area (Å²) in [5.41, 5.74) is 3.33. The number of hydrogen-bond acceptors (Lipinski definition) is 6. The van der Waals surface area contributed by atoms with Gasteiger partial charge in [-0.1, -0.05) is 12.1 Å². The van der Waals surface area contributed by atoms with E-state index in [-0.39, 0.29) is 6.17 Å². The molecule has 0 aromatic heterocycles. The predicted molar refractivity (Wildman–Crippen MR) is 120 cm³/mol. The van der Waals surface area contributed by atoms with Crippen LogP contribution >= 0.6 is 0 Å². The van der Waals surface area contributed by atoms with Crippen molar-refractivity contribution >= 4 is 21.4 Å². The molecule has 0 radical (unpaired) electrons. The topological polar surface area (TPSA) is 62.3 Å². The molecular formula is C23H29N3O4S. The highest BCUT2D eigenvalue weighted by Crippen LogP contribution is 2.45. The Morgan fingerprint density at radius 1 is 1.03 bits per heavy atom. The number of benzene rings is 2. The zero-order valence-corrected chi connectivity index (χ0v) is 18.7. The zero-order valence-electron chi connectivity index (χ0n) is 17.9. The SMILES string of the molecule is CCOc1ccc(CN2c3cc(S(=O)(=O)N4CCOCC4)ccc3N3CCC[C@@H]32)cc1. The number of rotatable bonds is 6.